The Balaban J connectivity index is 1.65. The quantitative estimate of drug-likeness (QED) is 0.779. The number of hydrogen-bond acceptors (Lipinski definition) is 5. The normalized spacial score (nSPS) is 15.1. The van der Waals surface area contributed by atoms with E-state index in [1.165, 1.54) is 24.6 Å². The lowest BCUT2D eigenvalue weighted by Crippen LogP contribution is -2.23. The zero-order valence-electron chi connectivity index (χ0n) is 14.2. The Kier molecular flexibility index (Phi) is 5.08. The molecule has 1 N–H and O–H groups in total. The van der Waals surface area contributed by atoms with Crippen LogP contribution < -0.4 is 10.1 Å². The number of nitrogens with one attached hydrogen (secondary N) is 1. The number of anilines is 1. The second-order valence-corrected chi connectivity index (χ2v) is 7.15. The SMILES string of the molecule is CCn1c(S[C@@H](C)C(=O)Nc2cccc(OC)c2)nnc1C1CC1. The van der Waals surface area contributed by atoms with Gasteiger partial charge in [-0.2, -0.15) is 0 Å². The van der Waals surface area contributed by atoms with E-state index >= 15 is 0 Å². The summed E-state index contributed by atoms with van der Waals surface area (Å²) in [5.74, 6) is 2.26. The summed E-state index contributed by atoms with van der Waals surface area (Å²) in [6.07, 6.45) is 2.38. The van der Waals surface area contributed by atoms with Gasteiger partial charge < -0.3 is 14.6 Å². The van der Waals surface area contributed by atoms with E-state index in [1.54, 1.807) is 13.2 Å². The number of hydrogen-bond donors (Lipinski definition) is 1. The van der Waals surface area contributed by atoms with Gasteiger partial charge in [0.05, 0.1) is 12.4 Å². The Labute approximate surface area is 146 Å². The molecule has 1 aromatic carbocycles. The third-order valence-corrected chi connectivity index (χ3v) is 5.07. The number of carbonyl (C=O) groups excluding carboxylic acids is 1. The maximum absolute atomic E-state index is 12.4. The monoisotopic (exact) mass is 346 g/mol. The predicted octanol–water partition coefficient (Wildman–Crippen LogP) is 3.30. The number of rotatable bonds is 7. The molecule has 7 heteroatoms. The average molecular weight is 346 g/mol. The zero-order chi connectivity index (χ0) is 17.1. The summed E-state index contributed by atoms with van der Waals surface area (Å²) in [4.78, 5) is 12.4. The molecule has 2 aromatic rings. The van der Waals surface area contributed by atoms with Crippen molar-refractivity contribution in [2.24, 2.45) is 0 Å². The largest absolute Gasteiger partial charge is 0.497 e. The van der Waals surface area contributed by atoms with Crippen LogP contribution in [0, 0.1) is 0 Å². The van der Waals surface area contributed by atoms with Crippen LogP contribution in [0.15, 0.2) is 29.4 Å². The van der Waals surface area contributed by atoms with Crippen molar-refractivity contribution in [1.82, 2.24) is 14.8 Å². The number of aromatic nitrogens is 3. The van der Waals surface area contributed by atoms with Crippen LogP contribution in [0.1, 0.15) is 38.4 Å². The number of carbonyl (C=O) groups is 1. The van der Waals surface area contributed by atoms with Gasteiger partial charge in [-0.1, -0.05) is 17.8 Å². The Hall–Kier alpha value is -2.02. The summed E-state index contributed by atoms with van der Waals surface area (Å²) in [6.45, 7) is 4.79. The summed E-state index contributed by atoms with van der Waals surface area (Å²) in [7, 11) is 1.61. The Morgan fingerprint density at radius 3 is 2.92 bits per heavy atom. The number of nitrogens with zero attached hydrogens (tertiary/aromatic N) is 3. The highest BCUT2D eigenvalue weighted by Crippen LogP contribution is 2.40. The molecule has 128 valence electrons. The van der Waals surface area contributed by atoms with Crippen molar-refractivity contribution in [2.45, 2.75) is 49.6 Å². The second-order valence-electron chi connectivity index (χ2n) is 5.84. The van der Waals surface area contributed by atoms with Crippen molar-refractivity contribution in [2.75, 3.05) is 12.4 Å². The fourth-order valence-electron chi connectivity index (χ4n) is 2.48. The second kappa shape index (κ2) is 7.25. The molecule has 1 amide bonds. The van der Waals surface area contributed by atoms with Crippen molar-refractivity contribution < 1.29 is 9.53 Å². The van der Waals surface area contributed by atoms with Gasteiger partial charge in [0, 0.05) is 24.2 Å². The van der Waals surface area contributed by atoms with Gasteiger partial charge in [-0.05, 0) is 38.8 Å². The molecular weight excluding hydrogens is 324 g/mol. The Morgan fingerprint density at radius 2 is 2.25 bits per heavy atom. The van der Waals surface area contributed by atoms with Crippen LogP contribution in [-0.2, 0) is 11.3 Å². The highest BCUT2D eigenvalue weighted by Gasteiger charge is 2.30. The van der Waals surface area contributed by atoms with Crippen LogP contribution >= 0.6 is 11.8 Å². The van der Waals surface area contributed by atoms with Crippen LogP contribution in [-0.4, -0.2) is 33.0 Å². The highest BCUT2D eigenvalue weighted by molar-refractivity contribution is 8.00. The van der Waals surface area contributed by atoms with Gasteiger partial charge in [0.2, 0.25) is 5.91 Å². The molecule has 24 heavy (non-hydrogen) atoms. The Bertz CT molecular complexity index is 727. The summed E-state index contributed by atoms with van der Waals surface area (Å²) in [6, 6.07) is 7.34. The van der Waals surface area contributed by atoms with E-state index in [4.69, 9.17) is 4.74 Å². The Morgan fingerprint density at radius 1 is 1.46 bits per heavy atom. The number of amides is 1. The van der Waals surface area contributed by atoms with Gasteiger partial charge in [0.15, 0.2) is 5.16 Å². The molecule has 1 aromatic heterocycles. The molecule has 0 saturated heterocycles. The zero-order valence-corrected chi connectivity index (χ0v) is 15.0. The number of benzene rings is 1. The molecule has 0 spiro atoms. The van der Waals surface area contributed by atoms with E-state index < -0.39 is 0 Å². The molecule has 0 bridgehead atoms. The van der Waals surface area contributed by atoms with Gasteiger partial charge in [0.25, 0.3) is 0 Å². The molecule has 0 aliphatic heterocycles. The molecule has 1 aliphatic carbocycles. The van der Waals surface area contributed by atoms with Gasteiger partial charge in [-0.25, -0.2) is 0 Å². The summed E-state index contributed by atoms with van der Waals surface area (Å²) >= 11 is 1.44. The van der Waals surface area contributed by atoms with Crippen LogP contribution in [0.3, 0.4) is 0 Å². The molecule has 0 radical (unpaired) electrons. The van der Waals surface area contributed by atoms with Crippen molar-refractivity contribution in [1.29, 1.82) is 0 Å². The van der Waals surface area contributed by atoms with Crippen molar-refractivity contribution in [3.05, 3.63) is 30.1 Å². The lowest BCUT2D eigenvalue weighted by molar-refractivity contribution is -0.115. The fraction of sp³-hybridized carbons (Fsp3) is 0.471. The topological polar surface area (TPSA) is 69.0 Å². The number of thioether (sulfide) groups is 1. The summed E-state index contributed by atoms with van der Waals surface area (Å²) in [5, 5.41) is 12.1. The van der Waals surface area contributed by atoms with Crippen LogP contribution in [0.4, 0.5) is 5.69 Å². The first kappa shape index (κ1) is 16.8. The maximum atomic E-state index is 12.4. The van der Waals surface area contributed by atoms with E-state index in [0.29, 0.717) is 11.7 Å². The third-order valence-electron chi connectivity index (χ3n) is 3.99. The number of ether oxygens (including phenoxy) is 1. The molecule has 1 atom stereocenters. The lowest BCUT2D eigenvalue weighted by Gasteiger charge is -2.13. The minimum absolute atomic E-state index is 0.0631. The third kappa shape index (κ3) is 3.72. The first-order valence-corrected chi connectivity index (χ1v) is 9.05. The smallest absolute Gasteiger partial charge is 0.237 e. The minimum atomic E-state index is -0.266. The fourth-order valence-corrected chi connectivity index (χ4v) is 3.40. The average Bonchev–Trinajstić information content (AvgIpc) is 3.36. The van der Waals surface area contributed by atoms with E-state index in [2.05, 4.69) is 27.0 Å². The van der Waals surface area contributed by atoms with Crippen LogP contribution in [0.25, 0.3) is 0 Å². The highest BCUT2D eigenvalue weighted by atomic mass is 32.2. The molecule has 1 fully saturated rings. The minimum Gasteiger partial charge on any atom is -0.497 e. The van der Waals surface area contributed by atoms with Crippen LogP contribution in [0.2, 0.25) is 0 Å². The predicted molar refractivity (Wildman–Crippen MR) is 94.6 cm³/mol. The first-order chi connectivity index (χ1) is 11.6. The van der Waals surface area contributed by atoms with Crippen molar-refractivity contribution >= 4 is 23.4 Å². The van der Waals surface area contributed by atoms with Gasteiger partial charge in [0.1, 0.15) is 11.6 Å². The first-order valence-electron chi connectivity index (χ1n) is 8.17. The van der Waals surface area contributed by atoms with E-state index in [9.17, 15) is 4.79 Å². The van der Waals surface area contributed by atoms with Gasteiger partial charge in [-0.15, -0.1) is 10.2 Å². The molecule has 6 nitrogen and oxygen atoms in total. The van der Waals surface area contributed by atoms with E-state index in [0.717, 1.165) is 23.2 Å². The van der Waals surface area contributed by atoms with Crippen molar-refractivity contribution in [3.8, 4) is 5.75 Å². The molecule has 1 heterocycles. The summed E-state index contributed by atoms with van der Waals surface area (Å²) in [5.41, 5.74) is 0.724. The van der Waals surface area contributed by atoms with E-state index in [-0.39, 0.29) is 11.2 Å². The molecule has 3 rings (SSSR count). The lowest BCUT2D eigenvalue weighted by atomic mass is 10.3. The van der Waals surface area contributed by atoms with Crippen LogP contribution in [0.5, 0.6) is 5.75 Å². The van der Waals surface area contributed by atoms with Crippen molar-refractivity contribution in [3.63, 3.8) is 0 Å². The molecule has 1 saturated carbocycles. The number of methoxy groups -OCH3 is 1. The standard InChI is InChI=1S/C17H22N4O2S/c1-4-21-15(12-8-9-12)19-20-17(21)24-11(2)16(22)18-13-6-5-7-14(10-13)23-3/h5-7,10-12H,4,8-9H2,1-3H3,(H,18,22)/t11-/m0/s1. The van der Waals surface area contributed by atoms with E-state index in [1.807, 2.05) is 25.1 Å². The van der Waals surface area contributed by atoms with Gasteiger partial charge >= 0.3 is 0 Å². The molecule has 0 unspecified atom stereocenters. The molecular formula is C17H22N4O2S. The summed E-state index contributed by atoms with van der Waals surface area (Å²) < 4.78 is 7.30. The molecule has 1 aliphatic rings. The van der Waals surface area contributed by atoms with Gasteiger partial charge in [-0.3, -0.25) is 4.79 Å². The maximum Gasteiger partial charge on any atom is 0.237 e.